The van der Waals surface area contributed by atoms with Gasteiger partial charge in [0.25, 0.3) is 0 Å². The quantitative estimate of drug-likeness (QED) is 0.238. The van der Waals surface area contributed by atoms with Gasteiger partial charge in [-0.15, -0.1) is 24.0 Å². The first-order valence-electron chi connectivity index (χ1n) is 8.74. The lowest BCUT2D eigenvalue weighted by Crippen LogP contribution is -2.39. The lowest BCUT2D eigenvalue weighted by atomic mass is 10.2. The minimum atomic E-state index is -4.41. The number of guanidine groups is 1. The second-order valence-electron chi connectivity index (χ2n) is 5.67. The van der Waals surface area contributed by atoms with Crippen molar-refractivity contribution in [3.05, 3.63) is 53.7 Å². The maximum absolute atomic E-state index is 12.5. The van der Waals surface area contributed by atoms with Crippen LogP contribution in [0.25, 0.3) is 0 Å². The van der Waals surface area contributed by atoms with E-state index in [-0.39, 0.29) is 36.5 Å². The SMILES string of the molecule is CCNC(=NCc1ccccc1OC)NCCOc1ccc(C(F)(F)F)cn1.I. The summed E-state index contributed by atoms with van der Waals surface area (Å²) in [6, 6.07) is 9.75. The van der Waals surface area contributed by atoms with Crippen LogP contribution in [0.1, 0.15) is 18.1 Å². The minimum absolute atomic E-state index is 0. The minimum Gasteiger partial charge on any atom is -0.496 e. The molecule has 0 saturated heterocycles. The first-order valence-corrected chi connectivity index (χ1v) is 8.74. The van der Waals surface area contributed by atoms with Gasteiger partial charge in [0.2, 0.25) is 5.88 Å². The topological polar surface area (TPSA) is 67.8 Å². The fraction of sp³-hybridized carbons (Fsp3) is 0.368. The fourth-order valence-electron chi connectivity index (χ4n) is 2.30. The van der Waals surface area contributed by atoms with E-state index in [9.17, 15) is 13.2 Å². The van der Waals surface area contributed by atoms with E-state index in [1.54, 1.807) is 7.11 Å². The Morgan fingerprint density at radius 1 is 1.14 bits per heavy atom. The Morgan fingerprint density at radius 2 is 1.90 bits per heavy atom. The maximum Gasteiger partial charge on any atom is 0.417 e. The van der Waals surface area contributed by atoms with E-state index in [0.29, 0.717) is 25.6 Å². The van der Waals surface area contributed by atoms with Gasteiger partial charge in [-0.05, 0) is 19.1 Å². The average Bonchev–Trinajstić information content (AvgIpc) is 2.69. The molecule has 0 radical (unpaired) electrons. The molecular formula is C19H24F3IN4O2. The number of pyridine rings is 1. The Labute approximate surface area is 184 Å². The molecule has 0 spiro atoms. The van der Waals surface area contributed by atoms with Crippen molar-refractivity contribution in [1.82, 2.24) is 15.6 Å². The van der Waals surface area contributed by atoms with Crippen LogP contribution in [-0.2, 0) is 12.7 Å². The Morgan fingerprint density at radius 3 is 2.52 bits per heavy atom. The predicted octanol–water partition coefficient (Wildman–Crippen LogP) is 3.86. The number of halogens is 4. The Bertz CT molecular complexity index is 771. The summed E-state index contributed by atoms with van der Waals surface area (Å²) < 4.78 is 48.2. The average molecular weight is 524 g/mol. The summed E-state index contributed by atoms with van der Waals surface area (Å²) in [5.41, 5.74) is 0.142. The van der Waals surface area contributed by atoms with Gasteiger partial charge in [0, 0.05) is 24.4 Å². The Balaban J connectivity index is 0.00000420. The van der Waals surface area contributed by atoms with Crippen molar-refractivity contribution in [2.75, 3.05) is 26.8 Å². The molecule has 0 amide bonds. The Hall–Kier alpha value is -2.24. The molecule has 0 bridgehead atoms. The van der Waals surface area contributed by atoms with E-state index in [0.717, 1.165) is 23.6 Å². The van der Waals surface area contributed by atoms with Crippen molar-refractivity contribution >= 4 is 29.9 Å². The Kier molecular flexibility index (Phi) is 10.6. The predicted molar refractivity (Wildman–Crippen MR) is 116 cm³/mol. The van der Waals surface area contributed by atoms with Gasteiger partial charge >= 0.3 is 6.18 Å². The van der Waals surface area contributed by atoms with Crippen molar-refractivity contribution in [1.29, 1.82) is 0 Å². The van der Waals surface area contributed by atoms with Gasteiger partial charge in [0.1, 0.15) is 12.4 Å². The van der Waals surface area contributed by atoms with Crippen LogP contribution in [0.5, 0.6) is 11.6 Å². The number of alkyl halides is 3. The number of nitrogens with zero attached hydrogens (tertiary/aromatic N) is 2. The van der Waals surface area contributed by atoms with Crippen molar-refractivity contribution in [2.24, 2.45) is 4.99 Å². The maximum atomic E-state index is 12.5. The molecule has 160 valence electrons. The van der Waals surface area contributed by atoms with Crippen LogP contribution in [0.3, 0.4) is 0 Å². The van der Waals surface area contributed by atoms with E-state index < -0.39 is 11.7 Å². The normalized spacial score (nSPS) is 11.4. The summed E-state index contributed by atoms with van der Waals surface area (Å²) in [4.78, 5) is 8.16. The van der Waals surface area contributed by atoms with Crippen LogP contribution < -0.4 is 20.1 Å². The molecule has 0 aliphatic heterocycles. The number of rotatable bonds is 8. The van der Waals surface area contributed by atoms with Crippen LogP contribution in [0.2, 0.25) is 0 Å². The largest absolute Gasteiger partial charge is 0.496 e. The molecule has 2 rings (SSSR count). The van der Waals surface area contributed by atoms with E-state index in [4.69, 9.17) is 9.47 Å². The molecule has 0 fully saturated rings. The lowest BCUT2D eigenvalue weighted by molar-refractivity contribution is -0.137. The number of methoxy groups -OCH3 is 1. The third kappa shape index (κ3) is 8.34. The van der Waals surface area contributed by atoms with Gasteiger partial charge in [0.05, 0.1) is 25.8 Å². The molecule has 0 unspecified atom stereocenters. The van der Waals surface area contributed by atoms with Crippen LogP contribution in [0.4, 0.5) is 13.2 Å². The molecule has 10 heteroatoms. The van der Waals surface area contributed by atoms with Crippen LogP contribution >= 0.6 is 24.0 Å². The van der Waals surface area contributed by atoms with Crippen molar-refractivity contribution in [2.45, 2.75) is 19.6 Å². The zero-order chi connectivity index (χ0) is 20.4. The highest BCUT2D eigenvalue weighted by atomic mass is 127. The van der Waals surface area contributed by atoms with Crippen molar-refractivity contribution in [3.63, 3.8) is 0 Å². The smallest absolute Gasteiger partial charge is 0.417 e. The molecule has 1 aromatic carbocycles. The van der Waals surface area contributed by atoms with Crippen LogP contribution in [-0.4, -0.2) is 37.7 Å². The van der Waals surface area contributed by atoms with Crippen molar-refractivity contribution < 1.29 is 22.6 Å². The summed E-state index contributed by atoms with van der Waals surface area (Å²) in [7, 11) is 1.61. The summed E-state index contributed by atoms with van der Waals surface area (Å²) >= 11 is 0. The number of para-hydroxylation sites is 1. The molecule has 6 nitrogen and oxygen atoms in total. The van der Waals surface area contributed by atoms with Gasteiger partial charge in [0.15, 0.2) is 5.96 Å². The molecule has 0 aliphatic carbocycles. The summed E-state index contributed by atoms with van der Waals surface area (Å²) in [5, 5.41) is 6.21. The number of hydrogen-bond donors (Lipinski definition) is 2. The van der Waals surface area contributed by atoms with Gasteiger partial charge in [-0.1, -0.05) is 18.2 Å². The zero-order valence-electron chi connectivity index (χ0n) is 16.1. The molecular weight excluding hydrogens is 500 g/mol. The van der Waals surface area contributed by atoms with Crippen LogP contribution in [0, 0.1) is 0 Å². The van der Waals surface area contributed by atoms with E-state index >= 15 is 0 Å². The highest BCUT2D eigenvalue weighted by Crippen LogP contribution is 2.29. The zero-order valence-corrected chi connectivity index (χ0v) is 18.5. The number of benzene rings is 1. The number of aliphatic imine (C=N–C) groups is 1. The first kappa shape index (κ1) is 24.8. The van der Waals surface area contributed by atoms with E-state index in [2.05, 4.69) is 20.6 Å². The second-order valence-corrected chi connectivity index (χ2v) is 5.67. The van der Waals surface area contributed by atoms with E-state index in [1.165, 1.54) is 6.07 Å². The number of hydrogen-bond acceptors (Lipinski definition) is 4. The fourth-order valence-corrected chi connectivity index (χ4v) is 2.30. The highest BCUT2D eigenvalue weighted by Gasteiger charge is 2.30. The molecule has 0 atom stereocenters. The summed E-state index contributed by atoms with van der Waals surface area (Å²) in [6.45, 7) is 3.68. The number of nitrogens with one attached hydrogen (secondary N) is 2. The lowest BCUT2D eigenvalue weighted by Gasteiger charge is -2.13. The monoisotopic (exact) mass is 524 g/mol. The molecule has 1 aromatic heterocycles. The van der Waals surface area contributed by atoms with E-state index in [1.807, 2.05) is 31.2 Å². The summed E-state index contributed by atoms with van der Waals surface area (Å²) in [5.74, 6) is 1.49. The molecule has 0 saturated carbocycles. The van der Waals surface area contributed by atoms with Gasteiger partial charge in [-0.25, -0.2) is 9.98 Å². The van der Waals surface area contributed by atoms with Crippen molar-refractivity contribution in [3.8, 4) is 11.6 Å². The molecule has 2 N–H and O–H groups in total. The van der Waals surface area contributed by atoms with Gasteiger partial charge < -0.3 is 20.1 Å². The number of ether oxygens (including phenoxy) is 2. The third-order valence-corrected chi connectivity index (χ3v) is 3.65. The molecule has 0 aliphatic rings. The standard InChI is InChI=1S/C19H23F3N4O2.HI/c1-3-23-18(26-12-14-6-4-5-7-16(14)27-2)24-10-11-28-17-9-8-15(13-25-17)19(20,21)22;/h4-9,13H,3,10-12H2,1-2H3,(H2,23,24,26);1H. The first-order chi connectivity index (χ1) is 13.4. The third-order valence-electron chi connectivity index (χ3n) is 3.65. The van der Waals surface area contributed by atoms with Crippen LogP contribution in [0.15, 0.2) is 47.6 Å². The van der Waals surface area contributed by atoms with Gasteiger partial charge in [-0.3, -0.25) is 0 Å². The van der Waals surface area contributed by atoms with Gasteiger partial charge in [-0.2, -0.15) is 13.2 Å². The number of aromatic nitrogens is 1. The summed E-state index contributed by atoms with van der Waals surface area (Å²) in [6.07, 6.45) is -3.66. The molecule has 2 aromatic rings. The highest BCUT2D eigenvalue weighted by molar-refractivity contribution is 14.0. The second kappa shape index (κ2) is 12.3. The molecule has 1 heterocycles. The molecule has 29 heavy (non-hydrogen) atoms.